The van der Waals surface area contributed by atoms with Crippen LogP contribution in [0.5, 0.6) is 11.5 Å². The summed E-state index contributed by atoms with van der Waals surface area (Å²) in [6.45, 7) is 2.89. The van der Waals surface area contributed by atoms with E-state index >= 15 is 0 Å². The summed E-state index contributed by atoms with van der Waals surface area (Å²) < 4.78 is 12.3. The normalized spacial score (nSPS) is 10.2. The Kier molecular flexibility index (Phi) is 6.80. The molecule has 0 aliphatic rings. The maximum Gasteiger partial charge on any atom is 0.141 e. The summed E-state index contributed by atoms with van der Waals surface area (Å²) >= 11 is 12.9. The fourth-order valence-electron chi connectivity index (χ4n) is 1.90. The first kappa shape index (κ1) is 17.4. The van der Waals surface area contributed by atoms with Crippen molar-refractivity contribution >= 4 is 43.5 Å². The van der Waals surface area contributed by atoms with Crippen molar-refractivity contribution < 1.29 is 9.47 Å². The van der Waals surface area contributed by atoms with Crippen LogP contribution in [0.2, 0.25) is 5.02 Å². The first-order valence-electron chi connectivity index (χ1n) is 6.67. The highest BCUT2D eigenvalue weighted by molar-refractivity contribution is 9.28. The third-order valence-electron chi connectivity index (χ3n) is 2.92. The molecule has 2 nitrogen and oxygen atoms in total. The van der Waals surface area contributed by atoms with Crippen LogP contribution in [-0.4, -0.2) is 6.61 Å². The lowest BCUT2D eigenvalue weighted by molar-refractivity contribution is 0.303. The molecule has 0 aliphatic carbocycles. The molecule has 0 atom stereocenters. The van der Waals surface area contributed by atoms with E-state index in [0.717, 1.165) is 14.5 Å². The minimum Gasteiger partial charge on any atom is -0.489 e. The van der Waals surface area contributed by atoms with Gasteiger partial charge in [0, 0.05) is 6.07 Å². The Morgan fingerprint density at radius 2 is 1.86 bits per heavy atom. The molecule has 2 rings (SSSR count). The van der Waals surface area contributed by atoms with Gasteiger partial charge >= 0.3 is 0 Å². The molecule has 0 spiro atoms. The molecule has 0 amide bonds. The quantitative estimate of drug-likeness (QED) is 0.523. The minimum atomic E-state index is 0.450. The first-order chi connectivity index (χ1) is 10.6. The predicted octanol–water partition coefficient (Wildman–Crippen LogP) is 6.24. The van der Waals surface area contributed by atoms with E-state index in [0.29, 0.717) is 29.7 Å². The maximum absolute atomic E-state index is 6.30. The van der Waals surface area contributed by atoms with Crippen LogP contribution in [0.3, 0.4) is 0 Å². The van der Waals surface area contributed by atoms with E-state index in [4.69, 9.17) is 21.1 Å². The van der Waals surface area contributed by atoms with Crippen LogP contribution in [0.25, 0.3) is 0 Å². The van der Waals surface area contributed by atoms with E-state index in [9.17, 15) is 0 Å². The molecule has 0 saturated heterocycles. The fourth-order valence-corrected chi connectivity index (χ4v) is 2.47. The van der Waals surface area contributed by atoms with Crippen molar-refractivity contribution in [2.45, 2.75) is 13.5 Å². The smallest absolute Gasteiger partial charge is 0.141 e. The number of hydrogen-bond donors (Lipinski definition) is 0. The van der Waals surface area contributed by atoms with Crippen molar-refractivity contribution in [3.8, 4) is 11.5 Å². The van der Waals surface area contributed by atoms with Crippen LogP contribution in [0, 0.1) is 6.92 Å². The van der Waals surface area contributed by atoms with E-state index in [-0.39, 0.29) is 0 Å². The summed E-state index contributed by atoms with van der Waals surface area (Å²) in [6, 6.07) is 13.7. The zero-order valence-corrected chi connectivity index (χ0v) is 15.9. The lowest BCUT2D eigenvalue weighted by Gasteiger charge is -2.13. The van der Waals surface area contributed by atoms with Gasteiger partial charge < -0.3 is 9.47 Å². The van der Waals surface area contributed by atoms with Crippen molar-refractivity contribution in [1.29, 1.82) is 0 Å². The molecule has 0 unspecified atom stereocenters. The van der Waals surface area contributed by atoms with Gasteiger partial charge in [-0.05, 0) is 62.1 Å². The zero-order chi connectivity index (χ0) is 15.9. The molecule has 0 aromatic heterocycles. The number of ether oxygens (including phenoxy) is 2. The Hall–Kier alpha value is -0.970. The molecular formula is C17H15Br2ClO2. The maximum atomic E-state index is 6.30. The molecule has 0 fully saturated rings. The summed E-state index contributed by atoms with van der Waals surface area (Å²) in [7, 11) is 0. The Balaban J connectivity index is 2.05. The molecule has 0 aliphatic heterocycles. The van der Waals surface area contributed by atoms with Gasteiger partial charge in [0.15, 0.2) is 0 Å². The number of rotatable bonds is 6. The van der Waals surface area contributed by atoms with Crippen LogP contribution in [0.4, 0.5) is 0 Å². The van der Waals surface area contributed by atoms with E-state index in [2.05, 4.69) is 31.9 Å². The highest BCUT2D eigenvalue weighted by atomic mass is 79.9. The van der Waals surface area contributed by atoms with E-state index in [1.54, 1.807) is 6.07 Å². The van der Waals surface area contributed by atoms with E-state index in [1.165, 1.54) is 0 Å². The topological polar surface area (TPSA) is 18.5 Å². The molecular weight excluding hydrogens is 431 g/mol. The van der Waals surface area contributed by atoms with Gasteiger partial charge in [-0.25, -0.2) is 0 Å². The molecule has 2 aromatic rings. The molecule has 0 N–H and O–H groups in total. The van der Waals surface area contributed by atoms with Crippen LogP contribution < -0.4 is 9.47 Å². The predicted molar refractivity (Wildman–Crippen MR) is 98.4 cm³/mol. The van der Waals surface area contributed by atoms with Gasteiger partial charge in [-0.15, -0.1) is 0 Å². The van der Waals surface area contributed by atoms with Crippen LogP contribution in [0.1, 0.15) is 11.1 Å². The second-order valence-electron chi connectivity index (χ2n) is 4.63. The Labute approximate surface area is 152 Å². The van der Waals surface area contributed by atoms with Gasteiger partial charge in [0.25, 0.3) is 0 Å². The van der Waals surface area contributed by atoms with Crippen molar-refractivity contribution in [3.63, 3.8) is 0 Å². The summed E-state index contributed by atoms with van der Waals surface area (Å²) in [6.07, 6.45) is 1.86. The van der Waals surface area contributed by atoms with Gasteiger partial charge in [0.2, 0.25) is 0 Å². The molecule has 22 heavy (non-hydrogen) atoms. The van der Waals surface area contributed by atoms with E-state index in [1.807, 2.05) is 49.4 Å². The van der Waals surface area contributed by atoms with Gasteiger partial charge in [-0.2, -0.15) is 0 Å². The summed E-state index contributed by atoms with van der Waals surface area (Å²) in [5, 5.41) is 0.549. The first-order valence-corrected chi connectivity index (χ1v) is 8.63. The highest BCUT2D eigenvalue weighted by Crippen LogP contribution is 2.33. The van der Waals surface area contributed by atoms with Crippen molar-refractivity contribution in [2.24, 2.45) is 0 Å². The third-order valence-corrected chi connectivity index (χ3v) is 3.84. The molecule has 0 saturated carbocycles. The van der Waals surface area contributed by atoms with Gasteiger partial charge in [0.05, 0.1) is 8.41 Å². The largest absolute Gasteiger partial charge is 0.489 e. The Morgan fingerprint density at radius 3 is 2.50 bits per heavy atom. The number of halogens is 3. The molecule has 0 heterocycles. The van der Waals surface area contributed by atoms with Crippen LogP contribution in [-0.2, 0) is 6.61 Å². The summed E-state index contributed by atoms with van der Waals surface area (Å²) in [4.78, 5) is 0. The molecule has 5 heteroatoms. The zero-order valence-electron chi connectivity index (χ0n) is 12.0. The number of aryl methyl sites for hydroxylation is 1. The molecule has 0 bridgehead atoms. The monoisotopic (exact) mass is 444 g/mol. The second kappa shape index (κ2) is 8.61. The molecule has 0 radical (unpaired) electrons. The SMILES string of the molecule is Cc1cc(OCC=C(Br)Br)cc(Cl)c1OCc1ccccc1. The lowest BCUT2D eigenvalue weighted by atomic mass is 10.2. The van der Waals surface area contributed by atoms with Crippen molar-refractivity contribution in [2.75, 3.05) is 6.61 Å². The van der Waals surface area contributed by atoms with Crippen molar-refractivity contribution in [1.82, 2.24) is 0 Å². The van der Waals surface area contributed by atoms with Gasteiger partial charge in [0.1, 0.15) is 24.7 Å². The molecule has 2 aromatic carbocycles. The third kappa shape index (κ3) is 5.34. The van der Waals surface area contributed by atoms with E-state index < -0.39 is 0 Å². The summed E-state index contributed by atoms with van der Waals surface area (Å²) in [5.41, 5.74) is 2.05. The standard InChI is InChI=1S/C17H15Br2ClO2/c1-12-9-14(21-8-7-16(18)19)10-15(20)17(12)22-11-13-5-3-2-4-6-13/h2-7,9-10H,8,11H2,1H3. The Morgan fingerprint density at radius 1 is 1.14 bits per heavy atom. The minimum absolute atomic E-state index is 0.450. The van der Waals surface area contributed by atoms with Crippen molar-refractivity contribution in [3.05, 3.63) is 68.1 Å². The summed E-state index contributed by atoms with van der Waals surface area (Å²) in [5.74, 6) is 1.40. The number of hydrogen-bond acceptors (Lipinski definition) is 2. The van der Waals surface area contributed by atoms with Gasteiger partial charge in [-0.3, -0.25) is 0 Å². The lowest BCUT2D eigenvalue weighted by Crippen LogP contribution is -1.99. The second-order valence-corrected chi connectivity index (χ2v) is 7.81. The highest BCUT2D eigenvalue weighted by Gasteiger charge is 2.09. The average Bonchev–Trinajstić information content (AvgIpc) is 2.47. The number of benzene rings is 2. The van der Waals surface area contributed by atoms with Crippen LogP contribution in [0.15, 0.2) is 51.9 Å². The van der Waals surface area contributed by atoms with Gasteiger partial charge in [-0.1, -0.05) is 41.9 Å². The fraction of sp³-hybridized carbons (Fsp3) is 0.176. The van der Waals surface area contributed by atoms with Crippen LogP contribution >= 0.6 is 43.5 Å². The average molecular weight is 447 g/mol. The molecule has 116 valence electrons. The Bertz CT molecular complexity index is 630.